The number of carbonyl (C=O) groups is 2. The molecule has 0 spiro atoms. The summed E-state index contributed by atoms with van der Waals surface area (Å²) in [7, 11) is -2.73. The average molecular weight is 500 g/mol. The summed E-state index contributed by atoms with van der Waals surface area (Å²) in [6.45, 7) is 4.94. The third-order valence-corrected chi connectivity index (χ3v) is 6.12. The molecule has 1 amide bonds. The summed E-state index contributed by atoms with van der Waals surface area (Å²) in [5.74, 6) is -0.390. The molecule has 1 aromatic heterocycles. The van der Waals surface area contributed by atoms with Crippen LogP contribution in [0.3, 0.4) is 0 Å². The Labute approximate surface area is 203 Å². The van der Waals surface area contributed by atoms with Gasteiger partial charge < -0.3 is 19.3 Å². The molecule has 2 N–H and O–H groups in total. The molecule has 3 rings (SSSR count). The Balaban J connectivity index is 1.91. The summed E-state index contributed by atoms with van der Waals surface area (Å²) in [5, 5.41) is 6.50. The van der Waals surface area contributed by atoms with E-state index >= 15 is 0 Å². The number of carbonyl (C=O) groups excluding carboxylic acids is 2. The number of hydrogen-bond acceptors (Lipinski definition) is 8. The molecule has 0 aliphatic heterocycles. The fraction of sp³-hybridized carbons (Fsp3) is 0.208. The summed E-state index contributed by atoms with van der Waals surface area (Å²) in [5.41, 5.74) is 1.86. The van der Waals surface area contributed by atoms with Gasteiger partial charge in [-0.15, -0.1) is 0 Å². The molecule has 2 aromatic carbocycles. The van der Waals surface area contributed by atoms with E-state index in [4.69, 9.17) is 14.0 Å². The van der Waals surface area contributed by atoms with Gasteiger partial charge >= 0.3 is 5.97 Å². The molecule has 35 heavy (non-hydrogen) atoms. The van der Waals surface area contributed by atoms with Gasteiger partial charge in [-0.25, -0.2) is 13.2 Å². The molecule has 11 heteroatoms. The minimum atomic E-state index is -4.09. The van der Waals surface area contributed by atoms with Crippen molar-refractivity contribution >= 4 is 45.4 Å². The predicted molar refractivity (Wildman–Crippen MR) is 131 cm³/mol. The minimum absolute atomic E-state index is 0.112. The van der Waals surface area contributed by atoms with Crippen LogP contribution in [0, 0.1) is 6.92 Å². The van der Waals surface area contributed by atoms with Crippen molar-refractivity contribution in [3.8, 4) is 5.75 Å². The van der Waals surface area contributed by atoms with Gasteiger partial charge in [-0.2, -0.15) is 0 Å². The van der Waals surface area contributed by atoms with Gasteiger partial charge in [-0.3, -0.25) is 9.52 Å². The number of amides is 1. The number of anilines is 2. The number of benzene rings is 2. The highest BCUT2D eigenvalue weighted by Gasteiger charge is 2.21. The molecule has 0 aliphatic rings. The smallest absolute Gasteiger partial charge is 0.338 e. The molecular formula is C24H25N3O7S. The zero-order valence-corrected chi connectivity index (χ0v) is 20.4. The fourth-order valence-corrected chi connectivity index (χ4v) is 4.40. The van der Waals surface area contributed by atoms with E-state index in [0.29, 0.717) is 22.7 Å². The number of ether oxygens (including phenoxy) is 2. The first-order valence-corrected chi connectivity index (χ1v) is 12.0. The molecule has 1 heterocycles. The van der Waals surface area contributed by atoms with Crippen molar-refractivity contribution in [2.24, 2.45) is 0 Å². The molecule has 0 saturated carbocycles. The lowest BCUT2D eigenvalue weighted by Crippen LogP contribution is -2.15. The molecule has 0 unspecified atom stereocenters. The van der Waals surface area contributed by atoms with E-state index in [9.17, 15) is 18.0 Å². The van der Waals surface area contributed by atoms with Crippen LogP contribution in [0.5, 0.6) is 5.75 Å². The Morgan fingerprint density at radius 1 is 1.14 bits per heavy atom. The molecule has 10 nitrogen and oxygen atoms in total. The maximum Gasteiger partial charge on any atom is 0.338 e. The monoisotopic (exact) mass is 499 g/mol. The molecule has 0 fully saturated rings. The summed E-state index contributed by atoms with van der Waals surface area (Å²) >= 11 is 0. The molecule has 3 aromatic rings. The SMILES string of the molecule is CCOC(=O)c1cccc(NS(=O)(=O)c2cc(/C=C\c3onc(C)c3NC(C)=O)ccc2OC)c1. The number of aryl methyl sites for hydroxylation is 1. The number of methoxy groups -OCH3 is 1. The number of aromatic nitrogens is 1. The van der Waals surface area contributed by atoms with E-state index in [1.165, 1.54) is 44.4 Å². The van der Waals surface area contributed by atoms with Crippen LogP contribution in [0.15, 0.2) is 51.9 Å². The first-order chi connectivity index (χ1) is 16.6. The van der Waals surface area contributed by atoms with Gasteiger partial charge in [0.1, 0.15) is 22.0 Å². The lowest BCUT2D eigenvalue weighted by Gasteiger charge is -2.13. The van der Waals surface area contributed by atoms with Gasteiger partial charge in [-0.05, 0) is 55.8 Å². The van der Waals surface area contributed by atoms with Crippen molar-refractivity contribution in [2.75, 3.05) is 23.8 Å². The predicted octanol–water partition coefficient (Wildman–Crippen LogP) is 4.10. The first kappa shape index (κ1) is 25.5. The Hall–Kier alpha value is -4.12. The molecular weight excluding hydrogens is 474 g/mol. The summed E-state index contributed by atoms with van der Waals surface area (Å²) in [6, 6.07) is 10.6. The second-order valence-electron chi connectivity index (χ2n) is 7.34. The van der Waals surface area contributed by atoms with Gasteiger partial charge in [-0.1, -0.05) is 23.4 Å². The Morgan fingerprint density at radius 2 is 1.91 bits per heavy atom. The van der Waals surface area contributed by atoms with Crippen LogP contribution < -0.4 is 14.8 Å². The standard InChI is InChI=1S/C24H25N3O7S/c1-5-33-24(29)18-7-6-8-19(14-18)27-35(30,31)22-13-17(9-11-20(22)32-4)10-12-21-23(25-16(3)28)15(2)26-34-21/h6-14,27H,5H2,1-4H3,(H,25,28)/b12-10-. The quantitative estimate of drug-likeness (QED) is 0.420. The Bertz CT molecular complexity index is 1380. The normalized spacial score (nSPS) is 11.3. The number of rotatable bonds is 9. The highest BCUT2D eigenvalue weighted by Crippen LogP contribution is 2.29. The van der Waals surface area contributed by atoms with Crippen molar-refractivity contribution in [3.05, 3.63) is 65.0 Å². The molecule has 184 valence electrons. The average Bonchev–Trinajstić information content (AvgIpc) is 3.16. The van der Waals surface area contributed by atoms with Crippen LogP contribution in [0.2, 0.25) is 0 Å². The number of hydrogen-bond donors (Lipinski definition) is 2. The van der Waals surface area contributed by atoms with Crippen molar-refractivity contribution in [3.63, 3.8) is 0 Å². The summed E-state index contributed by atoms with van der Waals surface area (Å²) < 4.78 is 44.3. The second kappa shape index (κ2) is 10.9. The van der Waals surface area contributed by atoms with Crippen LogP contribution in [-0.2, 0) is 19.6 Å². The van der Waals surface area contributed by atoms with Crippen LogP contribution >= 0.6 is 0 Å². The first-order valence-electron chi connectivity index (χ1n) is 10.5. The Morgan fingerprint density at radius 3 is 2.60 bits per heavy atom. The van der Waals surface area contributed by atoms with E-state index in [0.717, 1.165) is 0 Å². The molecule has 0 radical (unpaired) electrons. The molecule has 0 atom stereocenters. The van der Waals surface area contributed by atoms with Gasteiger partial charge in [0, 0.05) is 12.6 Å². The third kappa shape index (κ3) is 6.27. The van der Waals surface area contributed by atoms with Gasteiger partial charge in [0.05, 0.1) is 19.3 Å². The number of nitrogens with one attached hydrogen (secondary N) is 2. The van der Waals surface area contributed by atoms with E-state index in [1.807, 2.05) is 0 Å². The summed E-state index contributed by atoms with van der Waals surface area (Å²) in [4.78, 5) is 23.3. The molecule has 0 bridgehead atoms. The van der Waals surface area contributed by atoms with Crippen molar-refractivity contribution < 1.29 is 32.0 Å². The molecule has 0 saturated heterocycles. The highest BCUT2D eigenvalue weighted by atomic mass is 32.2. The van der Waals surface area contributed by atoms with Crippen LogP contribution in [0.25, 0.3) is 12.2 Å². The van der Waals surface area contributed by atoms with Gasteiger partial charge in [0.2, 0.25) is 5.91 Å². The Kier molecular flexibility index (Phi) is 7.92. The van der Waals surface area contributed by atoms with Crippen LogP contribution in [0.4, 0.5) is 11.4 Å². The minimum Gasteiger partial charge on any atom is -0.495 e. The van der Waals surface area contributed by atoms with Gasteiger partial charge in [0.15, 0.2) is 5.76 Å². The second-order valence-corrected chi connectivity index (χ2v) is 8.99. The maximum atomic E-state index is 13.2. The summed E-state index contributed by atoms with van der Waals surface area (Å²) in [6.07, 6.45) is 3.19. The van der Waals surface area contributed by atoms with Crippen molar-refractivity contribution in [1.29, 1.82) is 0 Å². The van der Waals surface area contributed by atoms with E-state index in [2.05, 4.69) is 15.2 Å². The van der Waals surface area contributed by atoms with Crippen LogP contribution in [0.1, 0.15) is 41.2 Å². The lowest BCUT2D eigenvalue weighted by molar-refractivity contribution is -0.114. The third-order valence-electron chi connectivity index (χ3n) is 4.72. The van der Waals surface area contributed by atoms with Crippen molar-refractivity contribution in [2.45, 2.75) is 25.7 Å². The van der Waals surface area contributed by atoms with Gasteiger partial charge in [0.25, 0.3) is 10.0 Å². The fourth-order valence-electron chi connectivity index (χ4n) is 3.14. The van der Waals surface area contributed by atoms with E-state index < -0.39 is 16.0 Å². The maximum absolute atomic E-state index is 13.2. The lowest BCUT2D eigenvalue weighted by atomic mass is 10.2. The number of sulfonamides is 1. The van der Waals surface area contributed by atoms with E-state index in [-0.39, 0.29) is 34.4 Å². The van der Waals surface area contributed by atoms with Crippen LogP contribution in [-0.4, -0.2) is 39.2 Å². The zero-order valence-electron chi connectivity index (χ0n) is 19.6. The topological polar surface area (TPSA) is 137 Å². The number of esters is 1. The van der Waals surface area contributed by atoms with E-state index in [1.54, 1.807) is 38.1 Å². The molecule has 0 aliphatic carbocycles. The van der Waals surface area contributed by atoms with Crippen molar-refractivity contribution in [1.82, 2.24) is 5.16 Å². The highest BCUT2D eigenvalue weighted by molar-refractivity contribution is 7.92. The number of nitrogens with zero attached hydrogens (tertiary/aromatic N) is 1. The largest absolute Gasteiger partial charge is 0.495 e. The zero-order chi connectivity index (χ0) is 25.6.